The van der Waals surface area contributed by atoms with Gasteiger partial charge in [0.25, 0.3) is 5.56 Å². The summed E-state index contributed by atoms with van der Waals surface area (Å²) in [6.45, 7) is 0. The van der Waals surface area contributed by atoms with E-state index >= 15 is 0 Å². The molecule has 0 aliphatic heterocycles. The van der Waals surface area contributed by atoms with Crippen molar-refractivity contribution in [2.75, 3.05) is 0 Å². The molecule has 6 heteroatoms. The number of benzene rings is 1. The lowest BCUT2D eigenvalue weighted by molar-refractivity contribution is 0.605. The van der Waals surface area contributed by atoms with Crippen LogP contribution in [0.5, 0.6) is 0 Å². The highest BCUT2D eigenvalue weighted by Crippen LogP contribution is 2.29. The zero-order valence-corrected chi connectivity index (χ0v) is 9.31. The van der Waals surface area contributed by atoms with Crippen LogP contribution >= 0.6 is 23.2 Å². The first-order chi connectivity index (χ1) is 7.59. The van der Waals surface area contributed by atoms with Gasteiger partial charge in [0.1, 0.15) is 5.69 Å². The summed E-state index contributed by atoms with van der Waals surface area (Å²) in [7, 11) is 0. The third-order valence-corrected chi connectivity index (χ3v) is 2.53. The van der Waals surface area contributed by atoms with Gasteiger partial charge in [-0.2, -0.15) is 4.39 Å². The number of aromatic nitrogens is 2. The Kier molecular flexibility index (Phi) is 2.94. The molecule has 0 aliphatic rings. The zero-order valence-electron chi connectivity index (χ0n) is 7.80. The maximum absolute atomic E-state index is 13.5. The van der Waals surface area contributed by atoms with Gasteiger partial charge in [-0.3, -0.25) is 4.79 Å². The normalized spacial score (nSPS) is 10.4. The minimum absolute atomic E-state index is 0.0922. The SMILES string of the molecule is O=c1[nH]cnc(-c2ccc(Cl)cc2Cl)c1F. The highest BCUT2D eigenvalue weighted by molar-refractivity contribution is 6.36. The third kappa shape index (κ3) is 1.94. The van der Waals surface area contributed by atoms with Gasteiger partial charge in [-0.25, -0.2) is 4.98 Å². The van der Waals surface area contributed by atoms with Crippen LogP contribution in [0.4, 0.5) is 4.39 Å². The first kappa shape index (κ1) is 11.1. The fourth-order valence-electron chi connectivity index (χ4n) is 1.25. The lowest BCUT2D eigenvalue weighted by Crippen LogP contribution is -2.12. The van der Waals surface area contributed by atoms with Crippen LogP contribution in [-0.2, 0) is 0 Å². The van der Waals surface area contributed by atoms with E-state index < -0.39 is 11.4 Å². The molecule has 0 fully saturated rings. The van der Waals surface area contributed by atoms with E-state index in [4.69, 9.17) is 23.2 Å². The van der Waals surface area contributed by atoms with E-state index in [1.54, 1.807) is 6.07 Å². The van der Waals surface area contributed by atoms with Crippen molar-refractivity contribution in [1.29, 1.82) is 0 Å². The molecular formula is C10H5Cl2FN2O. The van der Waals surface area contributed by atoms with Gasteiger partial charge in [0, 0.05) is 10.6 Å². The van der Waals surface area contributed by atoms with Crippen LogP contribution in [0.3, 0.4) is 0 Å². The molecule has 0 amide bonds. The fourth-order valence-corrected chi connectivity index (χ4v) is 1.75. The van der Waals surface area contributed by atoms with E-state index in [1.807, 2.05) is 0 Å². The average molecular weight is 259 g/mol. The molecule has 0 unspecified atom stereocenters. The number of rotatable bonds is 1. The summed E-state index contributed by atoms with van der Waals surface area (Å²) < 4.78 is 13.5. The molecule has 0 saturated carbocycles. The molecule has 3 nitrogen and oxygen atoms in total. The maximum atomic E-state index is 13.5. The molecule has 0 aliphatic carbocycles. The summed E-state index contributed by atoms with van der Waals surface area (Å²) in [5.41, 5.74) is -0.601. The molecule has 82 valence electrons. The van der Waals surface area contributed by atoms with Gasteiger partial charge >= 0.3 is 0 Å². The fraction of sp³-hybridized carbons (Fsp3) is 0. The van der Waals surface area contributed by atoms with E-state index in [-0.39, 0.29) is 10.7 Å². The predicted octanol–water partition coefficient (Wildman–Crippen LogP) is 2.88. The highest BCUT2D eigenvalue weighted by Gasteiger charge is 2.13. The summed E-state index contributed by atoms with van der Waals surface area (Å²) >= 11 is 11.6. The molecule has 2 rings (SSSR count). The Morgan fingerprint density at radius 3 is 2.75 bits per heavy atom. The summed E-state index contributed by atoms with van der Waals surface area (Å²) in [5.74, 6) is -0.966. The van der Waals surface area contributed by atoms with Crippen LogP contribution in [0.2, 0.25) is 10.0 Å². The van der Waals surface area contributed by atoms with E-state index in [0.29, 0.717) is 10.6 Å². The van der Waals surface area contributed by atoms with Gasteiger partial charge < -0.3 is 4.98 Å². The van der Waals surface area contributed by atoms with E-state index in [1.165, 1.54) is 12.1 Å². The van der Waals surface area contributed by atoms with Gasteiger partial charge in [-0.05, 0) is 18.2 Å². The molecule has 0 spiro atoms. The molecule has 2 aromatic rings. The van der Waals surface area contributed by atoms with E-state index in [0.717, 1.165) is 6.33 Å². The van der Waals surface area contributed by atoms with Crippen molar-refractivity contribution in [2.45, 2.75) is 0 Å². The lowest BCUT2D eigenvalue weighted by atomic mass is 10.1. The van der Waals surface area contributed by atoms with Crippen LogP contribution in [0.15, 0.2) is 29.3 Å². The minimum atomic E-state index is -0.966. The van der Waals surface area contributed by atoms with Crippen LogP contribution in [-0.4, -0.2) is 9.97 Å². The number of nitrogens with zero attached hydrogens (tertiary/aromatic N) is 1. The smallest absolute Gasteiger partial charge is 0.287 e. The monoisotopic (exact) mass is 258 g/mol. The minimum Gasteiger partial charge on any atom is -0.311 e. The third-order valence-electron chi connectivity index (χ3n) is 1.98. The van der Waals surface area contributed by atoms with Gasteiger partial charge in [0.15, 0.2) is 0 Å². The number of H-pyrrole nitrogens is 1. The Bertz CT molecular complexity index is 598. The van der Waals surface area contributed by atoms with Crippen molar-refractivity contribution in [3.63, 3.8) is 0 Å². The predicted molar refractivity (Wildman–Crippen MR) is 60.3 cm³/mol. The van der Waals surface area contributed by atoms with E-state index in [9.17, 15) is 9.18 Å². The van der Waals surface area contributed by atoms with Gasteiger partial charge in [0.05, 0.1) is 11.3 Å². The summed E-state index contributed by atoms with van der Waals surface area (Å²) in [6, 6.07) is 4.52. The van der Waals surface area contributed by atoms with Crippen LogP contribution in [0.25, 0.3) is 11.3 Å². The van der Waals surface area contributed by atoms with E-state index in [2.05, 4.69) is 9.97 Å². The zero-order chi connectivity index (χ0) is 11.7. The molecular weight excluding hydrogens is 254 g/mol. The van der Waals surface area contributed by atoms with Crippen LogP contribution < -0.4 is 5.56 Å². The van der Waals surface area contributed by atoms with Crippen molar-refractivity contribution in [1.82, 2.24) is 9.97 Å². The molecule has 0 bridgehead atoms. The highest BCUT2D eigenvalue weighted by atomic mass is 35.5. The van der Waals surface area contributed by atoms with Crippen molar-refractivity contribution >= 4 is 23.2 Å². The summed E-state index contributed by atoms with van der Waals surface area (Å²) in [6.07, 6.45) is 1.12. The van der Waals surface area contributed by atoms with Gasteiger partial charge in [-0.1, -0.05) is 23.2 Å². The van der Waals surface area contributed by atoms with Crippen molar-refractivity contribution in [3.05, 3.63) is 50.7 Å². The second kappa shape index (κ2) is 4.23. The largest absolute Gasteiger partial charge is 0.311 e. The Morgan fingerprint density at radius 2 is 2.06 bits per heavy atom. The number of halogens is 3. The molecule has 1 aromatic heterocycles. The maximum Gasteiger partial charge on any atom is 0.287 e. The molecule has 1 N–H and O–H groups in total. The second-order valence-corrected chi connectivity index (χ2v) is 3.86. The first-order valence-corrected chi connectivity index (χ1v) is 5.04. The Hall–Kier alpha value is -1.39. The lowest BCUT2D eigenvalue weighted by Gasteiger charge is -2.04. The number of nitrogens with one attached hydrogen (secondary N) is 1. The second-order valence-electron chi connectivity index (χ2n) is 3.02. The average Bonchev–Trinajstić information content (AvgIpc) is 2.23. The van der Waals surface area contributed by atoms with Crippen LogP contribution in [0.1, 0.15) is 0 Å². The van der Waals surface area contributed by atoms with Gasteiger partial charge in [0.2, 0.25) is 5.82 Å². The summed E-state index contributed by atoms with van der Waals surface area (Å²) in [4.78, 5) is 16.9. The Labute approximate surface area is 99.9 Å². The number of aromatic amines is 1. The standard InChI is InChI=1S/C10H5Cl2FN2O/c11-5-1-2-6(7(12)3-5)9-8(13)10(16)15-4-14-9/h1-4H,(H,14,15,16). The molecule has 16 heavy (non-hydrogen) atoms. The molecule has 1 heterocycles. The number of hydrogen-bond acceptors (Lipinski definition) is 2. The molecule has 1 aromatic carbocycles. The van der Waals surface area contributed by atoms with Gasteiger partial charge in [-0.15, -0.1) is 0 Å². The quantitative estimate of drug-likeness (QED) is 0.855. The van der Waals surface area contributed by atoms with Crippen molar-refractivity contribution < 1.29 is 4.39 Å². The topological polar surface area (TPSA) is 45.8 Å². The van der Waals surface area contributed by atoms with Crippen molar-refractivity contribution in [2.24, 2.45) is 0 Å². The number of hydrogen-bond donors (Lipinski definition) is 1. The molecule has 0 saturated heterocycles. The molecule has 0 radical (unpaired) electrons. The van der Waals surface area contributed by atoms with Crippen molar-refractivity contribution in [3.8, 4) is 11.3 Å². The first-order valence-electron chi connectivity index (χ1n) is 4.28. The Morgan fingerprint density at radius 1 is 1.31 bits per heavy atom. The Balaban J connectivity index is 2.68. The summed E-state index contributed by atoms with van der Waals surface area (Å²) in [5, 5.41) is 0.670. The van der Waals surface area contributed by atoms with Crippen LogP contribution in [0, 0.1) is 5.82 Å². The molecule has 0 atom stereocenters.